The van der Waals surface area contributed by atoms with Gasteiger partial charge in [-0.05, 0) is 29.6 Å². The predicted octanol–water partition coefficient (Wildman–Crippen LogP) is 3.50. The number of allylic oxidation sites excluding steroid dienone is 1. The average molecular weight is 473 g/mol. The summed E-state index contributed by atoms with van der Waals surface area (Å²) in [7, 11) is 2.46. The second-order valence-electron chi connectivity index (χ2n) is 6.30. The van der Waals surface area contributed by atoms with Crippen LogP contribution in [-0.4, -0.2) is 52.6 Å². The van der Waals surface area contributed by atoms with Crippen LogP contribution in [0.25, 0.3) is 10.7 Å². The van der Waals surface area contributed by atoms with E-state index in [0.717, 1.165) is 4.88 Å². The molecule has 2 aromatic heterocycles. The Morgan fingerprint density at radius 2 is 1.84 bits per heavy atom. The standard InChI is InChI=1S/C21H20N4O5S2/c1-4-7-25-18(16-6-5-8-31-16)23-24-21(25)32-12-17(26)22-15-10-13(19(27)29-2)9-14(11-15)20(28)30-3/h4-6,8-11H,1,7,12H2,2-3H3,(H,22,26). The Kier molecular flexibility index (Phi) is 7.79. The average Bonchev–Trinajstić information content (AvgIpc) is 3.46. The number of aromatic nitrogens is 3. The molecule has 1 N–H and O–H groups in total. The van der Waals surface area contributed by atoms with Crippen molar-refractivity contribution in [2.45, 2.75) is 11.7 Å². The highest BCUT2D eigenvalue weighted by Gasteiger charge is 2.17. The number of hydrogen-bond donors (Lipinski definition) is 1. The van der Waals surface area contributed by atoms with Crippen molar-refractivity contribution in [2.24, 2.45) is 0 Å². The van der Waals surface area contributed by atoms with Crippen molar-refractivity contribution >= 4 is 46.6 Å². The van der Waals surface area contributed by atoms with Gasteiger partial charge in [0.05, 0.1) is 36.0 Å². The molecule has 1 aromatic carbocycles. The van der Waals surface area contributed by atoms with Crippen molar-refractivity contribution in [3.63, 3.8) is 0 Å². The lowest BCUT2D eigenvalue weighted by molar-refractivity contribution is -0.113. The van der Waals surface area contributed by atoms with Crippen molar-refractivity contribution in [2.75, 3.05) is 25.3 Å². The van der Waals surface area contributed by atoms with E-state index in [1.54, 1.807) is 17.4 Å². The molecule has 166 valence electrons. The number of thiophene rings is 1. The summed E-state index contributed by atoms with van der Waals surface area (Å²) in [6, 6.07) is 8.07. The molecule has 0 atom stereocenters. The maximum absolute atomic E-state index is 12.6. The van der Waals surface area contributed by atoms with Crippen LogP contribution in [0.5, 0.6) is 0 Å². The quantitative estimate of drug-likeness (QED) is 0.286. The maximum atomic E-state index is 12.6. The fourth-order valence-electron chi connectivity index (χ4n) is 2.78. The second kappa shape index (κ2) is 10.7. The first kappa shape index (κ1) is 23.2. The molecule has 9 nitrogen and oxygen atoms in total. The summed E-state index contributed by atoms with van der Waals surface area (Å²) < 4.78 is 11.3. The number of thioether (sulfide) groups is 1. The van der Waals surface area contributed by atoms with Crippen molar-refractivity contribution in [1.29, 1.82) is 0 Å². The van der Waals surface area contributed by atoms with Gasteiger partial charge in [-0.2, -0.15) is 0 Å². The van der Waals surface area contributed by atoms with Crippen LogP contribution in [0.2, 0.25) is 0 Å². The molecule has 0 aliphatic heterocycles. The van der Waals surface area contributed by atoms with Crippen LogP contribution in [0.3, 0.4) is 0 Å². The largest absolute Gasteiger partial charge is 0.465 e. The Morgan fingerprint density at radius 1 is 1.16 bits per heavy atom. The van der Waals surface area contributed by atoms with Gasteiger partial charge < -0.3 is 14.8 Å². The second-order valence-corrected chi connectivity index (χ2v) is 8.19. The molecule has 0 aliphatic carbocycles. The number of nitrogens with zero attached hydrogens (tertiary/aromatic N) is 3. The minimum Gasteiger partial charge on any atom is -0.465 e. The topological polar surface area (TPSA) is 112 Å². The zero-order valence-corrected chi connectivity index (χ0v) is 19.0. The lowest BCUT2D eigenvalue weighted by Crippen LogP contribution is -2.16. The number of hydrogen-bond acceptors (Lipinski definition) is 9. The normalized spacial score (nSPS) is 10.4. The third-order valence-corrected chi connectivity index (χ3v) is 5.99. The van der Waals surface area contributed by atoms with Crippen molar-refractivity contribution < 1.29 is 23.9 Å². The van der Waals surface area contributed by atoms with Crippen LogP contribution in [0.15, 0.2) is 53.5 Å². The van der Waals surface area contributed by atoms with Gasteiger partial charge in [0.1, 0.15) is 0 Å². The lowest BCUT2D eigenvalue weighted by atomic mass is 10.1. The van der Waals surface area contributed by atoms with E-state index < -0.39 is 11.9 Å². The molecule has 11 heteroatoms. The van der Waals surface area contributed by atoms with Gasteiger partial charge >= 0.3 is 11.9 Å². The van der Waals surface area contributed by atoms with Crippen LogP contribution in [0.1, 0.15) is 20.7 Å². The minimum atomic E-state index is -0.640. The van der Waals surface area contributed by atoms with Gasteiger partial charge in [0.15, 0.2) is 11.0 Å². The van der Waals surface area contributed by atoms with Crippen molar-refractivity contribution in [3.8, 4) is 10.7 Å². The van der Waals surface area contributed by atoms with Gasteiger partial charge in [0.2, 0.25) is 5.91 Å². The Morgan fingerprint density at radius 3 is 2.41 bits per heavy atom. The highest BCUT2D eigenvalue weighted by Crippen LogP contribution is 2.27. The highest BCUT2D eigenvalue weighted by molar-refractivity contribution is 7.99. The molecule has 0 spiro atoms. The molecular weight excluding hydrogens is 452 g/mol. The fourth-order valence-corrected chi connectivity index (χ4v) is 4.24. The SMILES string of the molecule is C=CCn1c(SCC(=O)Nc2cc(C(=O)OC)cc(C(=O)OC)c2)nnc1-c1cccs1. The minimum absolute atomic E-state index is 0.0374. The van der Waals surface area contributed by atoms with Crippen LogP contribution < -0.4 is 5.32 Å². The third-order valence-electron chi connectivity index (χ3n) is 4.16. The summed E-state index contributed by atoms with van der Waals surface area (Å²) in [6.07, 6.45) is 1.73. The van der Waals surface area contributed by atoms with E-state index in [2.05, 4.69) is 22.1 Å². The number of rotatable bonds is 9. The molecule has 0 bridgehead atoms. The molecule has 0 fully saturated rings. The molecule has 0 aliphatic rings. The first-order valence-electron chi connectivity index (χ1n) is 9.29. The zero-order valence-electron chi connectivity index (χ0n) is 17.4. The van der Waals surface area contributed by atoms with Crippen molar-refractivity contribution in [3.05, 3.63) is 59.5 Å². The lowest BCUT2D eigenvalue weighted by Gasteiger charge is -2.10. The zero-order chi connectivity index (χ0) is 23.1. The number of ether oxygens (including phenoxy) is 2. The molecule has 0 radical (unpaired) electrons. The Bertz CT molecular complexity index is 1110. The molecule has 1 amide bonds. The van der Waals surface area contributed by atoms with Gasteiger partial charge in [0.25, 0.3) is 0 Å². The fraction of sp³-hybridized carbons (Fsp3) is 0.190. The summed E-state index contributed by atoms with van der Waals surface area (Å²) in [5.74, 6) is -0.885. The molecule has 3 rings (SSSR count). The highest BCUT2D eigenvalue weighted by atomic mass is 32.2. The molecule has 2 heterocycles. The molecule has 0 unspecified atom stereocenters. The van der Waals surface area contributed by atoms with Crippen LogP contribution in [0, 0.1) is 0 Å². The summed E-state index contributed by atoms with van der Waals surface area (Å²) in [6.45, 7) is 4.27. The van der Waals surface area contributed by atoms with E-state index in [1.807, 2.05) is 22.1 Å². The monoisotopic (exact) mass is 472 g/mol. The van der Waals surface area contributed by atoms with Crippen molar-refractivity contribution in [1.82, 2.24) is 14.8 Å². The number of benzene rings is 1. The summed E-state index contributed by atoms with van der Waals surface area (Å²) in [5, 5.41) is 13.6. The van der Waals surface area contributed by atoms with Gasteiger partial charge in [0, 0.05) is 12.2 Å². The van der Waals surface area contributed by atoms with Crippen LogP contribution >= 0.6 is 23.1 Å². The first-order chi connectivity index (χ1) is 15.5. The number of carbonyl (C=O) groups excluding carboxylic acids is 3. The Hall–Kier alpha value is -3.44. The number of methoxy groups -OCH3 is 2. The van der Waals surface area contributed by atoms with Crippen LogP contribution in [-0.2, 0) is 20.8 Å². The molecule has 0 saturated carbocycles. The summed E-state index contributed by atoms with van der Waals surface area (Å²) in [4.78, 5) is 37.3. The molecule has 0 saturated heterocycles. The van der Waals surface area contributed by atoms with E-state index >= 15 is 0 Å². The van der Waals surface area contributed by atoms with Gasteiger partial charge in [-0.15, -0.1) is 28.1 Å². The van der Waals surface area contributed by atoms with Gasteiger partial charge in [-0.1, -0.05) is 23.9 Å². The molecule has 32 heavy (non-hydrogen) atoms. The molecular formula is C21H20N4O5S2. The van der Waals surface area contributed by atoms with E-state index in [4.69, 9.17) is 9.47 Å². The Balaban J connectivity index is 1.74. The van der Waals surface area contributed by atoms with E-state index in [0.29, 0.717) is 17.5 Å². The van der Waals surface area contributed by atoms with E-state index in [9.17, 15) is 14.4 Å². The smallest absolute Gasteiger partial charge is 0.337 e. The van der Waals surface area contributed by atoms with Gasteiger partial charge in [-0.3, -0.25) is 9.36 Å². The maximum Gasteiger partial charge on any atom is 0.337 e. The number of nitrogens with one attached hydrogen (secondary N) is 1. The number of anilines is 1. The summed E-state index contributed by atoms with van der Waals surface area (Å²) >= 11 is 2.76. The third kappa shape index (κ3) is 5.42. The van der Waals surface area contributed by atoms with E-state index in [1.165, 1.54) is 44.2 Å². The van der Waals surface area contributed by atoms with Crippen LogP contribution in [0.4, 0.5) is 5.69 Å². The Labute approximate surface area is 192 Å². The first-order valence-corrected chi connectivity index (χ1v) is 11.2. The molecule has 3 aromatic rings. The predicted molar refractivity (Wildman–Crippen MR) is 122 cm³/mol. The van der Waals surface area contributed by atoms with Gasteiger partial charge in [-0.25, -0.2) is 9.59 Å². The number of esters is 2. The summed E-state index contributed by atoms with van der Waals surface area (Å²) in [5.41, 5.74) is 0.500. The number of amides is 1. The van der Waals surface area contributed by atoms with E-state index in [-0.39, 0.29) is 28.5 Å². The number of carbonyl (C=O) groups is 3.